The van der Waals surface area contributed by atoms with E-state index >= 15 is 0 Å². The molecule has 21 heavy (non-hydrogen) atoms. The van der Waals surface area contributed by atoms with Crippen LogP contribution in [0, 0.1) is 23.7 Å². The van der Waals surface area contributed by atoms with Gasteiger partial charge in [0.1, 0.15) is 0 Å². The number of carbonyl (C=O) groups is 3. The summed E-state index contributed by atoms with van der Waals surface area (Å²) in [4.78, 5) is 38.8. The van der Waals surface area contributed by atoms with Crippen LogP contribution in [-0.4, -0.2) is 29.0 Å². The van der Waals surface area contributed by atoms with Gasteiger partial charge < -0.3 is 0 Å². The Balaban J connectivity index is 3.10. The second-order valence-electron chi connectivity index (χ2n) is 6.99. The molecule has 1 aliphatic heterocycles. The lowest BCUT2D eigenvalue weighted by Gasteiger charge is -2.35. The van der Waals surface area contributed by atoms with Crippen LogP contribution in [0.4, 0.5) is 0 Å². The minimum atomic E-state index is -0.675. The van der Waals surface area contributed by atoms with Gasteiger partial charge >= 0.3 is 0 Å². The van der Waals surface area contributed by atoms with E-state index in [4.69, 9.17) is 0 Å². The molecule has 1 fully saturated rings. The van der Waals surface area contributed by atoms with Crippen molar-refractivity contribution in [2.75, 3.05) is 6.54 Å². The van der Waals surface area contributed by atoms with Gasteiger partial charge in [-0.25, -0.2) is 0 Å². The third kappa shape index (κ3) is 4.26. The number of ketones is 1. The molecule has 0 bridgehead atoms. The van der Waals surface area contributed by atoms with Crippen molar-refractivity contribution in [1.82, 2.24) is 4.90 Å². The highest BCUT2D eigenvalue weighted by Gasteiger charge is 2.47. The molecule has 118 valence electrons. The largest absolute Gasteiger partial charge is 0.298 e. The van der Waals surface area contributed by atoms with Gasteiger partial charge in [0, 0.05) is 6.54 Å². The van der Waals surface area contributed by atoms with Gasteiger partial charge in [0.2, 0.25) is 11.8 Å². The van der Waals surface area contributed by atoms with Crippen LogP contribution in [0.5, 0.6) is 0 Å². The molecule has 1 aliphatic rings. The summed E-state index contributed by atoms with van der Waals surface area (Å²) >= 11 is 0. The molecule has 1 rings (SSSR count). The summed E-state index contributed by atoms with van der Waals surface area (Å²) in [7, 11) is 0. The minimum Gasteiger partial charge on any atom is -0.298 e. The average Bonchev–Trinajstić information content (AvgIpc) is 2.35. The molecule has 0 aromatic rings. The summed E-state index contributed by atoms with van der Waals surface area (Å²) in [5.74, 6) is -1.75. The highest BCUT2D eigenvalue weighted by atomic mass is 16.2. The summed E-state index contributed by atoms with van der Waals surface area (Å²) in [6.07, 6.45) is 1.01. The van der Waals surface area contributed by atoms with E-state index in [-0.39, 0.29) is 36.0 Å². The third-order valence-electron chi connectivity index (χ3n) is 3.66. The zero-order valence-corrected chi connectivity index (χ0v) is 13.8. The van der Waals surface area contributed by atoms with E-state index in [1.54, 1.807) is 6.92 Å². The Labute approximate surface area is 127 Å². The summed E-state index contributed by atoms with van der Waals surface area (Å²) < 4.78 is 0. The molecule has 2 unspecified atom stereocenters. The lowest BCUT2D eigenvalue weighted by Crippen LogP contribution is -2.55. The highest BCUT2D eigenvalue weighted by molar-refractivity contribution is 6.20. The molecule has 0 aromatic heterocycles. The molecule has 0 spiro atoms. The highest BCUT2D eigenvalue weighted by Crippen LogP contribution is 2.30. The zero-order valence-electron chi connectivity index (χ0n) is 13.8. The molecular weight excluding hydrogens is 266 g/mol. The van der Waals surface area contributed by atoms with Crippen molar-refractivity contribution < 1.29 is 14.4 Å². The van der Waals surface area contributed by atoms with Gasteiger partial charge in [0.15, 0.2) is 5.78 Å². The number of rotatable bonds is 6. The fraction of sp³-hybridized carbons (Fsp3) is 0.706. The van der Waals surface area contributed by atoms with Crippen molar-refractivity contribution in [3.05, 3.63) is 12.2 Å². The maximum Gasteiger partial charge on any atom is 0.240 e. The average molecular weight is 293 g/mol. The van der Waals surface area contributed by atoms with Crippen LogP contribution in [0.2, 0.25) is 0 Å². The minimum absolute atomic E-state index is 0.189. The first-order valence-electron chi connectivity index (χ1n) is 7.68. The van der Waals surface area contributed by atoms with Gasteiger partial charge in [-0.1, -0.05) is 39.8 Å². The molecular formula is C17H27NO3. The SMILES string of the molecule is C=C(C)CN1C(=O)C(CC(C)C)C(=O)C(CC(C)C)C1=O. The number of amides is 2. The first kappa shape index (κ1) is 17.6. The van der Waals surface area contributed by atoms with E-state index in [0.717, 1.165) is 5.57 Å². The summed E-state index contributed by atoms with van der Waals surface area (Å²) in [5, 5.41) is 0. The number of imide groups is 1. The lowest BCUT2D eigenvalue weighted by atomic mass is 9.78. The van der Waals surface area contributed by atoms with E-state index in [0.29, 0.717) is 12.8 Å². The normalized spacial score (nSPS) is 23.4. The fourth-order valence-corrected chi connectivity index (χ4v) is 2.77. The smallest absolute Gasteiger partial charge is 0.240 e. The molecule has 0 saturated carbocycles. The van der Waals surface area contributed by atoms with Crippen molar-refractivity contribution in [3.63, 3.8) is 0 Å². The molecule has 0 N–H and O–H groups in total. The molecule has 0 aromatic carbocycles. The number of hydrogen-bond acceptors (Lipinski definition) is 3. The topological polar surface area (TPSA) is 54.5 Å². The van der Waals surface area contributed by atoms with E-state index in [1.165, 1.54) is 4.90 Å². The number of Topliss-reactive ketones (excluding diaryl/α,β-unsaturated/α-hetero) is 1. The van der Waals surface area contributed by atoms with E-state index < -0.39 is 11.8 Å². The van der Waals surface area contributed by atoms with Crippen molar-refractivity contribution in [2.24, 2.45) is 23.7 Å². The van der Waals surface area contributed by atoms with Crippen LogP contribution in [0.3, 0.4) is 0 Å². The zero-order chi connectivity index (χ0) is 16.3. The van der Waals surface area contributed by atoms with E-state index in [9.17, 15) is 14.4 Å². The predicted molar refractivity (Wildman–Crippen MR) is 82.4 cm³/mol. The van der Waals surface area contributed by atoms with Crippen LogP contribution >= 0.6 is 0 Å². The molecule has 4 nitrogen and oxygen atoms in total. The fourth-order valence-electron chi connectivity index (χ4n) is 2.77. The van der Waals surface area contributed by atoms with Crippen LogP contribution in [-0.2, 0) is 14.4 Å². The Kier molecular flexibility index (Phi) is 5.87. The monoisotopic (exact) mass is 293 g/mol. The number of carbonyl (C=O) groups excluding carboxylic acids is 3. The number of piperidine rings is 1. The third-order valence-corrected chi connectivity index (χ3v) is 3.66. The molecule has 1 saturated heterocycles. The van der Waals surface area contributed by atoms with Crippen LogP contribution < -0.4 is 0 Å². The molecule has 2 atom stereocenters. The Hall–Kier alpha value is -1.45. The number of likely N-dealkylation sites (tertiary alicyclic amines) is 1. The van der Waals surface area contributed by atoms with Crippen molar-refractivity contribution in [2.45, 2.75) is 47.5 Å². The van der Waals surface area contributed by atoms with Gasteiger partial charge in [-0.3, -0.25) is 19.3 Å². The van der Waals surface area contributed by atoms with Gasteiger partial charge in [-0.05, 0) is 31.6 Å². The molecule has 4 heteroatoms. The summed E-state index contributed by atoms with van der Waals surface area (Å²) in [6.45, 7) is 13.7. The molecule has 0 aliphatic carbocycles. The summed E-state index contributed by atoms with van der Waals surface area (Å²) in [6, 6.07) is 0. The van der Waals surface area contributed by atoms with Gasteiger partial charge in [0.25, 0.3) is 0 Å². The maximum atomic E-state index is 12.6. The number of hydrogen-bond donors (Lipinski definition) is 0. The Morgan fingerprint density at radius 3 is 1.67 bits per heavy atom. The molecule has 2 amide bonds. The second-order valence-corrected chi connectivity index (χ2v) is 6.99. The predicted octanol–water partition coefficient (Wildman–Crippen LogP) is 2.83. The second kappa shape index (κ2) is 7.01. The Bertz CT molecular complexity index is 419. The summed E-state index contributed by atoms with van der Waals surface area (Å²) in [5.41, 5.74) is 0.748. The lowest BCUT2D eigenvalue weighted by molar-refractivity contribution is -0.161. The molecule has 1 heterocycles. The van der Waals surface area contributed by atoms with Crippen molar-refractivity contribution in [1.29, 1.82) is 0 Å². The maximum absolute atomic E-state index is 12.6. The van der Waals surface area contributed by atoms with E-state index in [1.807, 2.05) is 27.7 Å². The molecule has 0 radical (unpaired) electrons. The first-order chi connectivity index (χ1) is 9.65. The van der Waals surface area contributed by atoms with Gasteiger partial charge in [-0.15, -0.1) is 0 Å². The van der Waals surface area contributed by atoms with Crippen molar-refractivity contribution >= 4 is 17.6 Å². The van der Waals surface area contributed by atoms with E-state index in [2.05, 4.69) is 6.58 Å². The van der Waals surface area contributed by atoms with Crippen molar-refractivity contribution in [3.8, 4) is 0 Å². The van der Waals surface area contributed by atoms with Crippen LogP contribution in [0.15, 0.2) is 12.2 Å². The quantitative estimate of drug-likeness (QED) is 0.430. The van der Waals surface area contributed by atoms with Crippen LogP contribution in [0.25, 0.3) is 0 Å². The van der Waals surface area contributed by atoms with Gasteiger partial charge in [-0.2, -0.15) is 0 Å². The standard InChI is InChI=1S/C17H27NO3/c1-10(2)7-13-15(19)14(8-11(3)4)17(21)18(16(13)20)9-12(5)6/h10-11,13-14H,5,7-9H2,1-4,6H3. The first-order valence-corrected chi connectivity index (χ1v) is 7.68. The Morgan fingerprint density at radius 1 is 1.00 bits per heavy atom. The van der Waals surface area contributed by atoms with Crippen LogP contribution in [0.1, 0.15) is 47.5 Å². The number of nitrogens with zero attached hydrogens (tertiary/aromatic N) is 1. The Morgan fingerprint density at radius 2 is 1.38 bits per heavy atom. The van der Waals surface area contributed by atoms with Gasteiger partial charge in [0.05, 0.1) is 11.8 Å².